The Labute approximate surface area is 230 Å². The number of aromatic nitrogens is 1. The van der Waals surface area contributed by atoms with E-state index < -0.39 is 0 Å². The molecule has 0 bridgehead atoms. The maximum atomic E-state index is 13.6. The van der Waals surface area contributed by atoms with E-state index in [4.69, 9.17) is 0 Å². The van der Waals surface area contributed by atoms with Crippen molar-refractivity contribution in [3.63, 3.8) is 0 Å². The highest BCUT2D eigenvalue weighted by Crippen LogP contribution is 2.29. The molecule has 1 saturated carbocycles. The first-order valence-corrected chi connectivity index (χ1v) is 14.7. The fourth-order valence-corrected chi connectivity index (χ4v) is 6.43. The predicted octanol–water partition coefficient (Wildman–Crippen LogP) is 7.62. The molecule has 1 N–H and O–H groups in total. The fourth-order valence-electron chi connectivity index (χ4n) is 5.58. The van der Waals surface area contributed by atoms with Gasteiger partial charge in [-0.3, -0.25) is 5.32 Å². The molecule has 1 fully saturated rings. The molecule has 2 amide bonds. The second-order valence-electron chi connectivity index (χ2n) is 10.3. The number of hydrogen-bond acceptors (Lipinski definition) is 4. The van der Waals surface area contributed by atoms with E-state index >= 15 is 0 Å². The SMILES string of the molecule is CN(CCN(CCC(c1ccccc1)c1ccccc1)C(=O)Nc1nc2ccccc2s1)C1CCCCC1. The lowest BCUT2D eigenvalue weighted by atomic mass is 9.88. The van der Waals surface area contributed by atoms with E-state index in [1.54, 1.807) is 0 Å². The summed E-state index contributed by atoms with van der Waals surface area (Å²) in [4.78, 5) is 22.7. The third-order valence-electron chi connectivity index (χ3n) is 7.81. The summed E-state index contributed by atoms with van der Waals surface area (Å²) in [6, 6.07) is 29.9. The molecule has 3 aromatic carbocycles. The molecule has 5 nitrogen and oxygen atoms in total. The number of para-hydroxylation sites is 1. The maximum absolute atomic E-state index is 13.6. The summed E-state index contributed by atoms with van der Waals surface area (Å²) < 4.78 is 1.08. The van der Waals surface area contributed by atoms with Gasteiger partial charge in [0.25, 0.3) is 0 Å². The Morgan fingerprint density at radius 1 is 0.868 bits per heavy atom. The lowest BCUT2D eigenvalue weighted by molar-refractivity contribution is 0.163. The van der Waals surface area contributed by atoms with Gasteiger partial charge in [0, 0.05) is 31.6 Å². The number of carbonyl (C=O) groups excluding carboxylic acids is 1. The topological polar surface area (TPSA) is 48.5 Å². The minimum absolute atomic E-state index is 0.0685. The summed E-state index contributed by atoms with van der Waals surface area (Å²) in [5.41, 5.74) is 3.48. The Balaban J connectivity index is 1.32. The molecular formula is C32H38N4OS. The van der Waals surface area contributed by atoms with Gasteiger partial charge in [-0.15, -0.1) is 0 Å². The number of urea groups is 1. The number of rotatable bonds is 10. The summed E-state index contributed by atoms with van der Waals surface area (Å²) >= 11 is 1.53. The van der Waals surface area contributed by atoms with Gasteiger partial charge in [0.1, 0.15) is 0 Å². The van der Waals surface area contributed by atoms with Gasteiger partial charge in [0.15, 0.2) is 5.13 Å². The van der Waals surface area contributed by atoms with Gasteiger partial charge in [-0.05, 0) is 49.6 Å². The standard InChI is InChI=1S/C32H38N4OS/c1-35(27-17-9-4-10-18-27)23-24-36(32(37)34-31-33-29-19-11-12-20-30(29)38-31)22-21-28(25-13-5-2-6-14-25)26-15-7-3-8-16-26/h2-3,5-8,11-16,19-20,27-28H,4,9-10,17-18,21-24H2,1H3,(H,33,34,37). The van der Waals surface area contributed by atoms with Crippen molar-refractivity contribution >= 4 is 32.7 Å². The summed E-state index contributed by atoms with van der Waals surface area (Å²) in [5.74, 6) is 0.228. The first-order chi connectivity index (χ1) is 18.7. The summed E-state index contributed by atoms with van der Waals surface area (Å²) in [6.45, 7) is 2.24. The number of nitrogens with zero attached hydrogens (tertiary/aromatic N) is 3. The Kier molecular flexibility index (Phi) is 9.05. The molecular weight excluding hydrogens is 488 g/mol. The van der Waals surface area contributed by atoms with Gasteiger partial charge in [0.2, 0.25) is 0 Å². The molecule has 1 aromatic heterocycles. The molecule has 6 heteroatoms. The number of amides is 2. The van der Waals surface area contributed by atoms with Crippen molar-refractivity contribution in [1.29, 1.82) is 0 Å². The van der Waals surface area contributed by atoms with Crippen molar-refractivity contribution < 1.29 is 4.79 Å². The molecule has 0 spiro atoms. The molecule has 38 heavy (non-hydrogen) atoms. The lowest BCUT2D eigenvalue weighted by Crippen LogP contribution is -2.43. The quantitative estimate of drug-likeness (QED) is 0.231. The van der Waals surface area contributed by atoms with Crippen LogP contribution in [0, 0.1) is 0 Å². The van der Waals surface area contributed by atoms with E-state index in [1.165, 1.54) is 54.6 Å². The van der Waals surface area contributed by atoms with E-state index in [9.17, 15) is 4.79 Å². The molecule has 0 radical (unpaired) electrons. The number of carbonyl (C=O) groups is 1. The smallest absolute Gasteiger partial charge is 0.323 e. The highest BCUT2D eigenvalue weighted by Gasteiger charge is 2.23. The molecule has 5 rings (SSSR count). The minimum Gasteiger partial charge on any atom is -0.323 e. The Hall–Kier alpha value is -3.22. The van der Waals surface area contributed by atoms with Crippen LogP contribution in [-0.4, -0.2) is 53.5 Å². The number of anilines is 1. The Bertz CT molecular complexity index is 1210. The van der Waals surface area contributed by atoms with Gasteiger partial charge in [-0.2, -0.15) is 0 Å². The number of hydrogen-bond donors (Lipinski definition) is 1. The van der Waals surface area contributed by atoms with E-state index in [0.717, 1.165) is 23.2 Å². The molecule has 198 valence electrons. The average molecular weight is 527 g/mol. The number of thiazole rings is 1. The van der Waals surface area contributed by atoms with Crippen LogP contribution in [0.4, 0.5) is 9.93 Å². The van der Waals surface area contributed by atoms with Gasteiger partial charge in [-0.25, -0.2) is 9.78 Å². The molecule has 0 saturated heterocycles. The second-order valence-corrected chi connectivity index (χ2v) is 11.4. The zero-order chi connectivity index (χ0) is 26.2. The van der Waals surface area contributed by atoms with Crippen molar-refractivity contribution in [1.82, 2.24) is 14.8 Å². The average Bonchev–Trinajstić information content (AvgIpc) is 3.38. The van der Waals surface area contributed by atoms with E-state index in [2.05, 4.69) is 82.9 Å². The molecule has 0 aliphatic heterocycles. The van der Waals surface area contributed by atoms with Crippen LogP contribution in [0.2, 0.25) is 0 Å². The van der Waals surface area contributed by atoms with Crippen molar-refractivity contribution in [3.8, 4) is 0 Å². The van der Waals surface area contributed by atoms with E-state index in [-0.39, 0.29) is 11.9 Å². The van der Waals surface area contributed by atoms with E-state index in [1.807, 2.05) is 29.2 Å². The van der Waals surface area contributed by atoms with Crippen molar-refractivity contribution in [3.05, 3.63) is 96.1 Å². The normalized spacial score (nSPS) is 14.3. The van der Waals surface area contributed by atoms with Crippen molar-refractivity contribution in [2.75, 3.05) is 32.0 Å². The van der Waals surface area contributed by atoms with Crippen LogP contribution in [0.15, 0.2) is 84.9 Å². The van der Waals surface area contributed by atoms with Crippen LogP contribution < -0.4 is 5.32 Å². The van der Waals surface area contributed by atoms with Gasteiger partial charge in [0.05, 0.1) is 10.2 Å². The number of likely N-dealkylation sites (N-methyl/N-ethyl adjacent to an activating group) is 1. The van der Waals surface area contributed by atoms with Gasteiger partial charge >= 0.3 is 6.03 Å². The Morgan fingerprint density at radius 2 is 1.50 bits per heavy atom. The minimum atomic E-state index is -0.0685. The largest absolute Gasteiger partial charge is 0.323 e. The van der Waals surface area contributed by atoms with Crippen LogP contribution in [0.25, 0.3) is 10.2 Å². The monoisotopic (exact) mass is 526 g/mol. The molecule has 1 aliphatic carbocycles. The first kappa shape index (κ1) is 26.4. The summed E-state index contributed by atoms with van der Waals surface area (Å²) in [7, 11) is 2.22. The molecule has 0 unspecified atom stereocenters. The molecule has 1 heterocycles. The van der Waals surface area contributed by atoms with Crippen LogP contribution in [-0.2, 0) is 0 Å². The zero-order valence-corrected chi connectivity index (χ0v) is 23.1. The van der Waals surface area contributed by atoms with Crippen molar-refractivity contribution in [2.45, 2.75) is 50.5 Å². The first-order valence-electron chi connectivity index (χ1n) is 13.9. The van der Waals surface area contributed by atoms with Crippen LogP contribution in [0.1, 0.15) is 55.6 Å². The maximum Gasteiger partial charge on any atom is 0.323 e. The second kappa shape index (κ2) is 13.0. The summed E-state index contributed by atoms with van der Waals surface area (Å²) in [5, 5.41) is 3.77. The van der Waals surface area contributed by atoms with Crippen LogP contribution in [0.5, 0.6) is 0 Å². The summed E-state index contributed by atoms with van der Waals surface area (Å²) in [6.07, 6.45) is 7.35. The zero-order valence-electron chi connectivity index (χ0n) is 22.3. The van der Waals surface area contributed by atoms with Crippen LogP contribution in [0.3, 0.4) is 0 Å². The molecule has 1 aliphatic rings. The highest BCUT2D eigenvalue weighted by atomic mass is 32.1. The number of benzene rings is 3. The third kappa shape index (κ3) is 6.80. The number of fused-ring (bicyclic) bond motifs is 1. The Morgan fingerprint density at radius 3 is 2.16 bits per heavy atom. The van der Waals surface area contributed by atoms with Gasteiger partial charge in [-0.1, -0.05) is 103 Å². The number of nitrogens with one attached hydrogen (secondary N) is 1. The van der Waals surface area contributed by atoms with Crippen LogP contribution >= 0.6 is 11.3 Å². The molecule has 4 aromatic rings. The lowest BCUT2D eigenvalue weighted by Gasteiger charge is -2.33. The predicted molar refractivity (Wildman–Crippen MR) is 159 cm³/mol. The van der Waals surface area contributed by atoms with Crippen molar-refractivity contribution in [2.24, 2.45) is 0 Å². The van der Waals surface area contributed by atoms with Gasteiger partial charge < -0.3 is 9.80 Å². The highest BCUT2D eigenvalue weighted by molar-refractivity contribution is 7.22. The third-order valence-corrected chi connectivity index (χ3v) is 8.76. The fraction of sp³-hybridized carbons (Fsp3) is 0.375. The van der Waals surface area contributed by atoms with E-state index in [0.29, 0.717) is 24.3 Å². The molecule has 0 atom stereocenters.